The molecule has 0 aliphatic rings. The highest BCUT2D eigenvalue weighted by Crippen LogP contribution is 2.10. The number of carbonyl (C=O) groups is 2. The van der Waals surface area contributed by atoms with Crippen LogP contribution in [0.4, 0.5) is 0 Å². The van der Waals surface area contributed by atoms with Gasteiger partial charge in [0.2, 0.25) is 11.8 Å². The number of pyridine rings is 1. The summed E-state index contributed by atoms with van der Waals surface area (Å²) in [5, 5.41) is 5.70. The molecule has 6 heteroatoms. The lowest BCUT2D eigenvalue weighted by Gasteiger charge is -2.22. The number of rotatable bonds is 8. The normalized spacial score (nSPS) is 12.0. The van der Waals surface area contributed by atoms with Gasteiger partial charge in [0.25, 0.3) is 5.91 Å². The quantitative estimate of drug-likeness (QED) is 0.733. The first-order chi connectivity index (χ1) is 13.3. The van der Waals surface area contributed by atoms with E-state index in [0.717, 1.165) is 11.1 Å². The van der Waals surface area contributed by atoms with Crippen molar-refractivity contribution >= 4 is 11.8 Å². The van der Waals surface area contributed by atoms with Gasteiger partial charge < -0.3 is 15.4 Å². The van der Waals surface area contributed by atoms with E-state index in [2.05, 4.69) is 15.6 Å². The minimum absolute atomic E-state index is 0.0469. The summed E-state index contributed by atoms with van der Waals surface area (Å²) in [4.78, 5) is 29.3. The molecule has 2 N–H and O–H groups in total. The van der Waals surface area contributed by atoms with E-state index in [4.69, 9.17) is 4.74 Å². The fourth-order valence-electron chi connectivity index (χ4n) is 2.59. The molecular weight excluding hydrogens is 354 g/mol. The lowest BCUT2D eigenvalue weighted by Crippen LogP contribution is -2.49. The van der Waals surface area contributed by atoms with Crippen molar-refractivity contribution in [2.24, 2.45) is 5.92 Å². The first-order valence-electron chi connectivity index (χ1n) is 9.53. The summed E-state index contributed by atoms with van der Waals surface area (Å²) in [6.07, 6.45) is 1.73. The van der Waals surface area contributed by atoms with E-state index in [9.17, 15) is 9.59 Å². The highest BCUT2D eigenvalue weighted by molar-refractivity contribution is 5.97. The van der Waals surface area contributed by atoms with Gasteiger partial charge in [-0.1, -0.05) is 37.6 Å². The van der Waals surface area contributed by atoms with Crippen LogP contribution in [-0.2, 0) is 11.3 Å². The Bertz CT molecular complexity index is 784. The molecule has 1 aromatic heterocycles. The topological polar surface area (TPSA) is 80.3 Å². The summed E-state index contributed by atoms with van der Waals surface area (Å²) in [7, 11) is 0. The van der Waals surface area contributed by atoms with Crippen molar-refractivity contribution in [2.75, 3.05) is 0 Å². The van der Waals surface area contributed by atoms with Crippen molar-refractivity contribution in [3.8, 4) is 5.88 Å². The van der Waals surface area contributed by atoms with Gasteiger partial charge in [0, 0.05) is 24.4 Å². The van der Waals surface area contributed by atoms with Gasteiger partial charge in [-0.2, -0.15) is 0 Å². The second-order valence-corrected chi connectivity index (χ2v) is 7.45. The van der Waals surface area contributed by atoms with Gasteiger partial charge in [-0.25, -0.2) is 4.98 Å². The fourth-order valence-corrected chi connectivity index (χ4v) is 2.59. The second-order valence-electron chi connectivity index (χ2n) is 7.45. The molecule has 1 heterocycles. The zero-order valence-corrected chi connectivity index (χ0v) is 17.2. The number of aromatic nitrogens is 1. The minimum Gasteiger partial charge on any atom is -0.475 e. The lowest BCUT2D eigenvalue weighted by molar-refractivity contribution is -0.124. The third-order valence-corrected chi connectivity index (χ3v) is 4.17. The molecule has 2 rings (SSSR count). The molecule has 0 aliphatic heterocycles. The van der Waals surface area contributed by atoms with Crippen molar-refractivity contribution in [2.45, 2.75) is 53.3 Å². The molecule has 2 amide bonds. The Morgan fingerprint density at radius 3 is 2.25 bits per heavy atom. The van der Waals surface area contributed by atoms with Crippen molar-refractivity contribution in [3.05, 3.63) is 59.3 Å². The number of nitrogens with one attached hydrogen (secondary N) is 2. The highest BCUT2D eigenvalue weighted by atomic mass is 16.5. The van der Waals surface area contributed by atoms with Crippen LogP contribution in [-0.4, -0.2) is 28.9 Å². The first-order valence-corrected chi connectivity index (χ1v) is 9.53. The average molecular weight is 383 g/mol. The fraction of sp³-hybridized carbons (Fsp3) is 0.409. The molecule has 0 fully saturated rings. The minimum atomic E-state index is -0.620. The molecule has 0 saturated heterocycles. The van der Waals surface area contributed by atoms with Crippen LogP contribution in [0, 0.1) is 12.8 Å². The molecule has 1 atom stereocenters. The Hall–Kier alpha value is -2.89. The number of hydrogen-bond donors (Lipinski definition) is 2. The Labute approximate surface area is 166 Å². The predicted octanol–water partition coefficient (Wildman–Crippen LogP) is 3.25. The van der Waals surface area contributed by atoms with E-state index in [1.807, 2.05) is 52.8 Å². The van der Waals surface area contributed by atoms with E-state index in [0.29, 0.717) is 18.0 Å². The van der Waals surface area contributed by atoms with Gasteiger partial charge in [-0.3, -0.25) is 9.59 Å². The van der Waals surface area contributed by atoms with E-state index in [1.54, 1.807) is 24.4 Å². The van der Waals surface area contributed by atoms with E-state index >= 15 is 0 Å². The van der Waals surface area contributed by atoms with Crippen LogP contribution in [0.1, 0.15) is 49.2 Å². The van der Waals surface area contributed by atoms with E-state index < -0.39 is 6.04 Å². The highest BCUT2D eigenvalue weighted by Gasteiger charge is 2.24. The van der Waals surface area contributed by atoms with E-state index in [-0.39, 0.29) is 23.8 Å². The van der Waals surface area contributed by atoms with Crippen LogP contribution in [0.3, 0.4) is 0 Å². The zero-order valence-electron chi connectivity index (χ0n) is 17.2. The average Bonchev–Trinajstić information content (AvgIpc) is 2.65. The maximum Gasteiger partial charge on any atom is 0.251 e. The van der Waals surface area contributed by atoms with Crippen LogP contribution >= 0.6 is 0 Å². The third kappa shape index (κ3) is 6.37. The summed E-state index contributed by atoms with van der Waals surface area (Å²) >= 11 is 0. The van der Waals surface area contributed by atoms with Gasteiger partial charge in [-0.15, -0.1) is 0 Å². The summed E-state index contributed by atoms with van der Waals surface area (Å²) in [5.41, 5.74) is 2.47. The van der Waals surface area contributed by atoms with Gasteiger partial charge >= 0.3 is 0 Å². The predicted molar refractivity (Wildman–Crippen MR) is 109 cm³/mol. The lowest BCUT2D eigenvalue weighted by atomic mass is 10.0. The molecule has 6 nitrogen and oxygen atoms in total. The number of ether oxygens (including phenoxy) is 1. The Morgan fingerprint density at radius 2 is 1.71 bits per heavy atom. The van der Waals surface area contributed by atoms with Crippen LogP contribution in [0.15, 0.2) is 42.6 Å². The molecule has 0 spiro atoms. The Morgan fingerprint density at radius 1 is 1.04 bits per heavy atom. The van der Waals surface area contributed by atoms with Gasteiger partial charge in [0.15, 0.2) is 0 Å². The molecular formula is C22H29N3O3. The van der Waals surface area contributed by atoms with Gasteiger partial charge in [0.05, 0.1) is 6.10 Å². The molecule has 1 aromatic carbocycles. The monoisotopic (exact) mass is 383 g/mol. The standard InChI is InChI=1S/C22H29N3O3/c1-14(2)20(25-21(26)18-9-6-16(5)7-10-18)22(27)24-13-17-8-11-19(23-12-17)28-15(3)4/h6-12,14-15,20H,13H2,1-5H3,(H,24,27)(H,25,26). The van der Waals surface area contributed by atoms with Crippen molar-refractivity contribution in [1.82, 2.24) is 15.6 Å². The molecule has 0 aliphatic carbocycles. The maximum atomic E-state index is 12.6. The van der Waals surface area contributed by atoms with Crippen LogP contribution in [0.2, 0.25) is 0 Å². The summed E-state index contributed by atoms with van der Waals surface area (Å²) in [6.45, 7) is 9.97. The molecule has 0 radical (unpaired) electrons. The summed E-state index contributed by atoms with van der Waals surface area (Å²) in [5.74, 6) is 0.0218. The third-order valence-electron chi connectivity index (χ3n) is 4.17. The first kappa shape index (κ1) is 21.4. The smallest absolute Gasteiger partial charge is 0.251 e. The Kier molecular flexibility index (Phi) is 7.55. The number of amides is 2. The SMILES string of the molecule is Cc1ccc(C(=O)NC(C(=O)NCc2ccc(OC(C)C)nc2)C(C)C)cc1. The molecule has 28 heavy (non-hydrogen) atoms. The second kappa shape index (κ2) is 9.88. The molecule has 150 valence electrons. The van der Waals surface area contributed by atoms with Crippen molar-refractivity contribution < 1.29 is 14.3 Å². The van der Waals surface area contributed by atoms with Crippen LogP contribution in [0.25, 0.3) is 0 Å². The van der Waals surface area contributed by atoms with E-state index in [1.165, 1.54) is 0 Å². The number of nitrogens with zero attached hydrogens (tertiary/aromatic N) is 1. The molecule has 1 unspecified atom stereocenters. The molecule has 0 saturated carbocycles. The summed E-state index contributed by atoms with van der Waals surface area (Å²) in [6, 6.07) is 10.3. The number of aryl methyl sites for hydroxylation is 1. The molecule has 0 bridgehead atoms. The van der Waals surface area contributed by atoms with Crippen molar-refractivity contribution in [1.29, 1.82) is 0 Å². The van der Waals surface area contributed by atoms with Crippen LogP contribution in [0.5, 0.6) is 5.88 Å². The number of carbonyl (C=O) groups excluding carboxylic acids is 2. The summed E-state index contributed by atoms with van der Waals surface area (Å²) < 4.78 is 5.51. The zero-order chi connectivity index (χ0) is 20.7. The largest absolute Gasteiger partial charge is 0.475 e. The van der Waals surface area contributed by atoms with Gasteiger partial charge in [0.1, 0.15) is 6.04 Å². The van der Waals surface area contributed by atoms with Crippen LogP contribution < -0.4 is 15.4 Å². The molecule has 2 aromatic rings. The Balaban J connectivity index is 1.95. The van der Waals surface area contributed by atoms with Crippen molar-refractivity contribution in [3.63, 3.8) is 0 Å². The number of hydrogen-bond acceptors (Lipinski definition) is 4. The number of benzene rings is 1. The maximum absolute atomic E-state index is 12.6. The van der Waals surface area contributed by atoms with Gasteiger partial charge in [-0.05, 0) is 44.4 Å².